The molecule has 0 heterocycles. The third-order valence-corrected chi connectivity index (χ3v) is 3.92. The normalized spacial score (nSPS) is 18.3. The Bertz CT molecular complexity index is 479. The topological polar surface area (TPSA) is 66.6 Å². The molecule has 0 spiro atoms. The molecule has 1 aromatic carbocycles. The molecule has 0 aromatic heterocycles. The van der Waals surface area contributed by atoms with Crippen molar-refractivity contribution in [1.29, 1.82) is 0 Å². The molecule has 2 aliphatic rings. The minimum atomic E-state index is -0.0105. The fourth-order valence-electron chi connectivity index (χ4n) is 2.32. The number of anilines is 1. The Morgan fingerprint density at radius 2 is 1.79 bits per heavy atom. The van der Waals surface area contributed by atoms with Crippen LogP contribution in [0.4, 0.5) is 5.69 Å². The molecule has 0 radical (unpaired) electrons. The lowest BCUT2D eigenvalue weighted by Gasteiger charge is -2.23. The molecule has 2 saturated carbocycles. The minimum absolute atomic E-state index is 0.0105. The Balaban J connectivity index is 1.74. The van der Waals surface area contributed by atoms with Gasteiger partial charge in [0.1, 0.15) is 5.75 Å². The van der Waals surface area contributed by atoms with Crippen LogP contribution in [0.5, 0.6) is 5.75 Å². The van der Waals surface area contributed by atoms with Crippen LogP contribution >= 0.6 is 0 Å². The summed E-state index contributed by atoms with van der Waals surface area (Å²) in [6, 6.07) is 4.77. The number of hydrogen-bond donors (Lipinski definition) is 2. The summed E-state index contributed by atoms with van der Waals surface area (Å²) >= 11 is 0. The van der Waals surface area contributed by atoms with Crippen molar-refractivity contribution in [2.45, 2.75) is 25.7 Å². The van der Waals surface area contributed by atoms with E-state index in [9.17, 15) is 9.90 Å². The summed E-state index contributed by atoms with van der Waals surface area (Å²) in [5, 5.41) is 9.62. The van der Waals surface area contributed by atoms with Crippen molar-refractivity contribution in [1.82, 2.24) is 4.90 Å². The number of carbonyl (C=O) groups excluding carboxylic acids is 1. The number of benzene rings is 1. The molecule has 0 unspecified atom stereocenters. The first-order valence-corrected chi connectivity index (χ1v) is 7.01. The second kappa shape index (κ2) is 4.76. The van der Waals surface area contributed by atoms with E-state index < -0.39 is 0 Å². The third kappa shape index (κ3) is 3.00. The fraction of sp³-hybridized carbons (Fsp3) is 0.533. The van der Waals surface area contributed by atoms with Crippen molar-refractivity contribution < 1.29 is 9.90 Å². The number of phenolic OH excluding ortho intramolecular Hbond substituents is 1. The van der Waals surface area contributed by atoms with Crippen LogP contribution in [0.25, 0.3) is 0 Å². The van der Waals surface area contributed by atoms with Gasteiger partial charge in [-0.05, 0) is 55.7 Å². The molecule has 19 heavy (non-hydrogen) atoms. The molecule has 0 atom stereocenters. The summed E-state index contributed by atoms with van der Waals surface area (Å²) in [7, 11) is 0. The maximum atomic E-state index is 12.5. The van der Waals surface area contributed by atoms with Crippen LogP contribution in [-0.2, 0) is 0 Å². The SMILES string of the molecule is Nc1ccc(C(=O)N(CC2CC2)CC2CC2)cc1O. The molecule has 4 heteroatoms. The highest BCUT2D eigenvalue weighted by Gasteiger charge is 2.31. The second-order valence-electron chi connectivity index (χ2n) is 5.87. The molecule has 0 bridgehead atoms. The summed E-state index contributed by atoms with van der Waals surface area (Å²) in [6.45, 7) is 1.72. The second-order valence-corrected chi connectivity index (χ2v) is 5.87. The van der Waals surface area contributed by atoms with Gasteiger partial charge in [0, 0.05) is 18.7 Å². The first kappa shape index (κ1) is 12.3. The summed E-state index contributed by atoms with van der Waals surface area (Å²) in [5.74, 6) is 1.38. The zero-order chi connectivity index (χ0) is 13.4. The van der Waals surface area contributed by atoms with Gasteiger partial charge in [-0.2, -0.15) is 0 Å². The lowest BCUT2D eigenvalue weighted by molar-refractivity contribution is 0.0739. The first-order chi connectivity index (χ1) is 9.13. The van der Waals surface area contributed by atoms with Gasteiger partial charge in [-0.1, -0.05) is 0 Å². The summed E-state index contributed by atoms with van der Waals surface area (Å²) in [6.07, 6.45) is 4.95. The Hall–Kier alpha value is -1.71. The molecule has 102 valence electrons. The lowest BCUT2D eigenvalue weighted by Crippen LogP contribution is -2.34. The molecule has 0 aliphatic heterocycles. The molecule has 3 rings (SSSR count). The van der Waals surface area contributed by atoms with E-state index in [0.29, 0.717) is 23.1 Å². The highest BCUT2D eigenvalue weighted by molar-refractivity contribution is 5.95. The minimum Gasteiger partial charge on any atom is -0.506 e. The van der Waals surface area contributed by atoms with Gasteiger partial charge in [-0.3, -0.25) is 4.79 Å². The number of aromatic hydroxyl groups is 1. The molecule has 2 fully saturated rings. The summed E-state index contributed by atoms with van der Waals surface area (Å²) < 4.78 is 0. The van der Waals surface area contributed by atoms with E-state index in [-0.39, 0.29) is 11.7 Å². The van der Waals surface area contributed by atoms with E-state index in [1.54, 1.807) is 12.1 Å². The Kier molecular flexibility index (Phi) is 3.09. The van der Waals surface area contributed by atoms with E-state index in [4.69, 9.17) is 5.73 Å². The van der Waals surface area contributed by atoms with Gasteiger partial charge in [0.15, 0.2) is 0 Å². The van der Waals surface area contributed by atoms with E-state index in [1.165, 1.54) is 31.7 Å². The highest BCUT2D eigenvalue weighted by Crippen LogP contribution is 2.34. The van der Waals surface area contributed by atoms with Crippen LogP contribution < -0.4 is 5.73 Å². The Morgan fingerprint density at radius 1 is 1.21 bits per heavy atom. The number of carbonyl (C=O) groups is 1. The van der Waals surface area contributed by atoms with Crippen molar-refractivity contribution >= 4 is 11.6 Å². The van der Waals surface area contributed by atoms with Crippen molar-refractivity contribution in [3.05, 3.63) is 23.8 Å². The number of rotatable bonds is 5. The monoisotopic (exact) mass is 260 g/mol. The summed E-state index contributed by atoms with van der Waals surface area (Å²) in [5.41, 5.74) is 6.42. The fourth-order valence-corrected chi connectivity index (χ4v) is 2.32. The predicted octanol–water partition coefficient (Wildman–Crippen LogP) is 2.24. The standard InChI is InChI=1S/C15H20N2O2/c16-13-6-5-12(7-14(13)18)15(19)17(8-10-1-2-10)9-11-3-4-11/h5-7,10-11,18H,1-4,8-9,16H2. The maximum Gasteiger partial charge on any atom is 0.254 e. The van der Waals surface area contributed by atoms with Crippen LogP contribution in [0.1, 0.15) is 36.0 Å². The number of hydrogen-bond acceptors (Lipinski definition) is 3. The average molecular weight is 260 g/mol. The van der Waals surface area contributed by atoms with Gasteiger partial charge < -0.3 is 15.7 Å². The zero-order valence-corrected chi connectivity index (χ0v) is 11.0. The maximum absolute atomic E-state index is 12.5. The largest absolute Gasteiger partial charge is 0.506 e. The highest BCUT2D eigenvalue weighted by atomic mass is 16.3. The third-order valence-electron chi connectivity index (χ3n) is 3.92. The molecule has 2 aliphatic carbocycles. The van der Waals surface area contributed by atoms with Gasteiger partial charge in [-0.25, -0.2) is 0 Å². The smallest absolute Gasteiger partial charge is 0.254 e. The number of phenols is 1. The molecule has 0 saturated heterocycles. The van der Waals surface area contributed by atoms with E-state index in [1.807, 2.05) is 4.90 Å². The van der Waals surface area contributed by atoms with Gasteiger partial charge >= 0.3 is 0 Å². The van der Waals surface area contributed by atoms with E-state index >= 15 is 0 Å². The number of nitrogens with two attached hydrogens (primary N) is 1. The van der Waals surface area contributed by atoms with Crippen molar-refractivity contribution in [3.8, 4) is 5.75 Å². The van der Waals surface area contributed by atoms with E-state index in [2.05, 4.69) is 0 Å². The molecule has 4 nitrogen and oxygen atoms in total. The molecular formula is C15H20N2O2. The van der Waals surface area contributed by atoms with Gasteiger partial charge in [0.05, 0.1) is 5.69 Å². The van der Waals surface area contributed by atoms with Crippen LogP contribution in [0, 0.1) is 11.8 Å². The molecule has 1 amide bonds. The summed E-state index contributed by atoms with van der Waals surface area (Å²) in [4.78, 5) is 14.5. The zero-order valence-electron chi connectivity index (χ0n) is 11.0. The quantitative estimate of drug-likeness (QED) is 0.630. The van der Waals surface area contributed by atoms with Crippen molar-refractivity contribution in [2.75, 3.05) is 18.8 Å². The van der Waals surface area contributed by atoms with E-state index in [0.717, 1.165) is 13.1 Å². The number of amides is 1. The Labute approximate surface area is 113 Å². The van der Waals surface area contributed by atoms with Gasteiger partial charge in [0.25, 0.3) is 5.91 Å². The Morgan fingerprint density at radius 3 is 2.26 bits per heavy atom. The molecular weight excluding hydrogens is 240 g/mol. The molecule has 3 N–H and O–H groups in total. The molecule has 1 aromatic rings. The number of nitrogen functional groups attached to an aromatic ring is 1. The van der Waals surface area contributed by atoms with Gasteiger partial charge in [-0.15, -0.1) is 0 Å². The van der Waals surface area contributed by atoms with Crippen LogP contribution in [0.3, 0.4) is 0 Å². The van der Waals surface area contributed by atoms with Crippen LogP contribution in [-0.4, -0.2) is 29.0 Å². The van der Waals surface area contributed by atoms with Crippen LogP contribution in [0.15, 0.2) is 18.2 Å². The van der Waals surface area contributed by atoms with Crippen molar-refractivity contribution in [2.24, 2.45) is 11.8 Å². The average Bonchev–Trinajstić information content (AvgIpc) is 3.26. The first-order valence-electron chi connectivity index (χ1n) is 7.01. The van der Waals surface area contributed by atoms with Crippen LogP contribution in [0.2, 0.25) is 0 Å². The predicted molar refractivity (Wildman–Crippen MR) is 73.9 cm³/mol. The lowest BCUT2D eigenvalue weighted by atomic mass is 10.1. The van der Waals surface area contributed by atoms with Crippen molar-refractivity contribution in [3.63, 3.8) is 0 Å². The van der Waals surface area contributed by atoms with Gasteiger partial charge in [0.2, 0.25) is 0 Å². The number of nitrogens with zero attached hydrogens (tertiary/aromatic N) is 1.